The van der Waals surface area contributed by atoms with Gasteiger partial charge in [-0.1, -0.05) is 26.8 Å². The lowest BCUT2D eigenvalue weighted by Crippen LogP contribution is -2.20. The highest BCUT2D eigenvalue weighted by molar-refractivity contribution is 7.91. The number of anilines is 4. The number of hydrogen-bond acceptors (Lipinski definition) is 8. The number of hydrogen-bond donors (Lipinski definition) is 3. The quantitative estimate of drug-likeness (QED) is 0.420. The SMILES string of the molecule is Cc1cnc(Nc2ccc(OCCO)cc2)nc1Nc1cccc(S(=O)(=O)CC(C)(C)C)c1. The molecule has 3 rings (SSSR count). The van der Waals surface area contributed by atoms with E-state index in [0.29, 0.717) is 23.2 Å². The van der Waals surface area contributed by atoms with E-state index in [4.69, 9.17) is 9.84 Å². The van der Waals surface area contributed by atoms with E-state index in [-0.39, 0.29) is 29.3 Å². The fraction of sp³-hybridized carbons (Fsp3) is 0.333. The average Bonchev–Trinajstić information content (AvgIpc) is 2.74. The van der Waals surface area contributed by atoms with Crippen LogP contribution in [0.15, 0.2) is 59.6 Å². The van der Waals surface area contributed by atoms with Crippen molar-refractivity contribution in [2.45, 2.75) is 32.6 Å². The van der Waals surface area contributed by atoms with E-state index in [1.807, 2.05) is 39.8 Å². The van der Waals surface area contributed by atoms with Crippen LogP contribution >= 0.6 is 0 Å². The van der Waals surface area contributed by atoms with Crippen LogP contribution in [0.1, 0.15) is 26.3 Å². The van der Waals surface area contributed by atoms with Gasteiger partial charge in [-0.2, -0.15) is 4.98 Å². The molecule has 1 heterocycles. The van der Waals surface area contributed by atoms with Gasteiger partial charge < -0.3 is 20.5 Å². The standard InChI is InChI=1S/C24H30N4O4S/c1-17-15-25-23(27-18-8-10-20(11-9-18)32-13-12-29)28-22(17)26-19-6-5-7-21(14-19)33(30,31)16-24(2,3)4/h5-11,14-15,29H,12-13,16H2,1-4H3,(H2,25,26,27,28). The second-order valence-electron chi connectivity index (χ2n) is 8.92. The van der Waals surface area contributed by atoms with E-state index in [0.717, 1.165) is 11.3 Å². The Bertz CT molecular complexity index is 1190. The fourth-order valence-electron chi connectivity index (χ4n) is 3.11. The zero-order chi connectivity index (χ0) is 24.1. The van der Waals surface area contributed by atoms with Crippen molar-refractivity contribution in [3.05, 3.63) is 60.3 Å². The summed E-state index contributed by atoms with van der Waals surface area (Å²) in [7, 11) is -3.41. The van der Waals surface area contributed by atoms with Crippen molar-refractivity contribution in [1.82, 2.24) is 9.97 Å². The number of sulfone groups is 1. The minimum absolute atomic E-state index is 0.0432. The van der Waals surface area contributed by atoms with Crippen LogP contribution in [0.3, 0.4) is 0 Å². The number of aryl methyl sites for hydroxylation is 1. The average molecular weight is 471 g/mol. The zero-order valence-corrected chi connectivity index (χ0v) is 20.1. The summed E-state index contributed by atoms with van der Waals surface area (Å²) in [5.74, 6) is 1.68. The van der Waals surface area contributed by atoms with Gasteiger partial charge in [0.25, 0.3) is 0 Å². The van der Waals surface area contributed by atoms with Crippen molar-refractivity contribution in [3.63, 3.8) is 0 Å². The predicted octanol–water partition coefficient (Wildman–Crippen LogP) is 4.46. The third kappa shape index (κ3) is 7.16. The Balaban J connectivity index is 1.77. The maximum absolute atomic E-state index is 12.8. The number of aromatic nitrogens is 2. The number of aliphatic hydroxyl groups is 1. The second kappa shape index (κ2) is 10.2. The Hall–Kier alpha value is -3.17. The molecule has 0 bridgehead atoms. The van der Waals surface area contributed by atoms with Gasteiger partial charge in [-0.05, 0) is 54.8 Å². The molecule has 0 spiro atoms. The maximum Gasteiger partial charge on any atom is 0.229 e. The molecule has 0 amide bonds. The molecule has 0 radical (unpaired) electrons. The summed E-state index contributed by atoms with van der Waals surface area (Å²) in [5.41, 5.74) is 1.88. The first-order chi connectivity index (χ1) is 15.6. The number of aliphatic hydroxyl groups excluding tert-OH is 1. The molecule has 33 heavy (non-hydrogen) atoms. The summed E-state index contributed by atoms with van der Waals surface area (Å²) in [6.45, 7) is 7.78. The Labute approximate surface area is 195 Å². The highest BCUT2D eigenvalue weighted by atomic mass is 32.2. The molecule has 8 nitrogen and oxygen atoms in total. The van der Waals surface area contributed by atoms with Crippen LogP contribution in [0.2, 0.25) is 0 Å². The zero-order valence-electron chi connectivity index (χ0n) is 19.3. The summed E-state index contributed by atoms with van der Waals surface area (Å²) in [6.07, 6.45) is 1.69. The van der Waals surface area contributed by atoms with Crippen molar-refractivity contribution < 1.29 is 18.3 Å². The molecule has 9 heteroatoms. The molecule has 0 saturated heterocycles. The van der Waals surface area contributed by atoms with Crippen LogP contribution in [0.25, 0.3) is 0 Å². The third-order valence-corrected chi connectivity index (χ3v) is 6.74. The minimum Gasteiger partial charge on any atom is -0.491 e. The van der Waals surface area contributed by atoms with Gasteiger partial charge in [-0.25, -0.2) is 13.4 Å². The van der Waals surface area contributed by atoms with E-state index in [1.54, 1.807) is 42.6 Å². The van der Waals surface area contributed by atoms with Crippen LogP contribution in [0.5, 0.6) is 5.75 Å². The fourth-order valence-corrected chi connectivity index (χ4v) is 5.01. The van der Waals surface area contributed by atoms with Crippen LogP contribution in [-0.4, -0.2) is 42.5 Å². The Morgan fingerprint density at radius 2 is 1.76 bits per heavy atom. The normalized spacial score (nSPS) is 11.8. The summed E-state index contributed by atoms with van der Waals surface area (Å²) in [6, 6.07) is 14.0. The highest BCUT2D eigenvalue weighted by Gasteiger charge is 2.23. The largest absolute Gasteiger partial charge is 0.491 e. The van der Waals surface area contributed by atoms with Gasteiger partial charge >= 0.3 is 0 Å². The molecular weight excluding hydrogens is 440 g/mol. The van der Waals surface area contributed by atoms with Crippen LogP contribution < -0.4 is 15.4 Å². The van der Waals surface area contributed by atoms with E-state index in [2.05, 4.69) is 20.6 Å². The van der Waals surface area contributed by atoms with E-state index >= 15 is 0 Å². The summed E-state index contributed by atoms with van der Waals surface area (Å²) >= 11 is 0. The molecule has 1 aromatic heterocycles. The Morgan fingerprint density at radius 3 is 2.42 bits per heavy atom. The lowest BCUT2D eigenvalue weighted by Gasteiger charge is -2.18. The lowest BCUT2D eigenvalue weighted by molar-refractivity contribution is 0.201. The van der Waals surface area contributed by atoms with Crippen LogP contribution in [0.4, 0.5) is 23.1 Å². The molecule has 3 N–H and O–H groups in total. The molecule has 0 aliphatic heterocycles. The molecule has 176 valence electrons. The topological polar surface area (TPSA) is 113 Å². The van der Waals surface area contributed by atoms with E-state index in [1.165, 1.54) is 0 Å². The van der Waals surface area contributed by atoms with Gasteiger partial charge in [0.1, 0.15) is 18.2 Å². The number of benzene rings is 2. The molecule has 0 aliphatic carbocycles. The van der Waals surface area contributed by atoms with E-state index < -0.39 is 9.84 Å². The van der Waals surface area contributed by atoms with Gasteiger partial charge in [0.2, 0.25) is 5.95 Å². The minimum atomic E-state index is -3.41. The third-order valence-electron chi connectivity index (χ3n) is 4.52. The first-order valence-electron chi connectivity index (χ1n) is 10.6. The number of nitrogens with zero attached hydrogens (tertiary/aromatic N) is 2. The first kappa shape index (κ1) is 24.5. The number of ether oxygens (including phenoxy) is 1. The lowest BCUT2D eigenvalue weighted by atomic mass is 10.0. The Morgan fingerprint density at radius 1 is 1.03 bits per heavy atom. The van der Waals surface area contributed by atoms with Gasteiger partial charge in [0, 0.05) is 23.1 Å². The number of nitrogens with one attached hydrogen (secondary N) is 2. The summed E-state index contributed by atoms with van der Waals surface area (Å²) in [4.78, 5) is 9.14. The van der Waals surface area contributed by atoms with Gasteiger partial charge in [0.05, 0.1) is 17.3 Å². The van der Waals surface area contributed by atoms with Crippen LogP contribution in [0, 0.1) is 12.3 Å². The molecule has 2 aromatic carbocycles. The number of rotatable bonds is 9. The molecule has 0 aliphatic rings. The monoisotopic (exact) mass is 470 g/mol. The smallest absolute Gasteiger partial charge is 0.229 e. The van der Waals surface area contributed by atoms with Gasteiger partial charge in [-0.15, -0.1) is 0 Å². The molecule has 0 atom stereocenters. The van der Waals surface area contributed by atoms with Crippen molar-refractivity contribution in [1.29, 1.82) is 0 Å². The Kier molecular flexibility index (Phi) is 7.55. The van der Waals surface area contributed by atoms with Crippen molar-refractivity contribution in [2.75, 3.05) is 29.6 Å². The van der Waals surface area contributed by atoms with Crippen LogP contribution in [-0.2, 0) is 9.84 Å². The van der Waals surface area contributed by atoms with Gasteiger partial charge in [0.15, 0.2) is 9.84 Å². The molecule has 0 fully saturated rings. The van der Waals surface area contributed by atoms with E-state index in [9.17, 15) is 8.42 Å². The maximum atomic E-state index is 12.8. The molecular formula is C24H30N4O4S. The van der Waals surface area contributed by atoms with Crippen molar-refractivity contribution in [3.8, 4) is 5.75 Å². The molecule has 0 saturated carbocycles. The second-order valence-corrected chi connectivity index (χ2v) is 10.9. The molecule has 0 unspecified atom stereocenters. The first-order valence-corrected chi connectivity index (χ1v) is 12.3. The molecule has 3 aromatic rings. The van der Waals surface area contributed by atoms with Gasteiger partial charge in [-0.3, -0.25) is 0 Å². The summed E-state index contributed by atoms with van der Waals surface area (Å²) < 4.78 is 30.9. The van der Waals surface area contributed by atoms with Crippen molar-refractivity contribution >= 4 is 33.0 Å². The predicted molar refractivity (Wildman–Crippen MR) is 130 cm³/mol. The highest BCUT2D eigenvalue weighted by Crippen LogP contribution is 2.26. The summed E-state index contributed by atoms with van der Waals surface area (Å²) in [5, 5.41) is 15.2. The van der Waals surface area contributed by atoms with Crippen molar-refractivity contribution in [2.24, 2.45) is 5.41 Å².